The zero-order chi connectivity index (χ0) is 22.1. The smallest absolute Gasteiger partial charge is 0.234 e. The molecule has 31 heavy (non-hydrogen) atoms. The maximum atomic E-state index is 12.1. The lowest BCUT2D eigenvalue weighted by molar-refractivity contribution is -0.114. The molecule has 0 atom stereocenters. The molecule has 0 spiro atoms. The Balaban J connectivity index is 1.42. The highest BCUT2D eigenvalue weighted by atomic mass is 32.2. The van der Waals surface area contributed by atoms with Crippen molar-refractivity contribution in [3.05, 3.63) is 48.5 Å². The molecule has 0 bridgehead atoms. The Morgan fingerprint density at radius 3 is 2.00 bits per heavy atom. The van der Waals surface area contributed by atoms with E-state index in [9.17, 15) is 9.59 Å². The van der Waals surface area contributed by atoms with E-state index in [1.165, 1.54) is 35.1 Å². The summed E-state index contributed by atoms with van der Waals surface area (Å²) in [6.07, 6.45) is 0. The average molecular weight is 477 g/mol. The van der Waals surface area contributed by atoms with Gasteiger partial charge in [-0.05, 0) is 35.8 Å². The lowest BCUT2D eigenvalue weighted by Gasteiger charge is -2.06. The van der Waals surface area contributed by atoms with Crippen LogP contribution in [0.1, 0.15) is 0 Å². The minimum absolute atomic E-state index is 0.152. The number of thioether (sulfide) groups is 2. The maximum Gasteiger partial charge on any atom is 0.234 e. The van der Waals surface area contributed by atoms with Gasteiger partial charge < -0.3 is 20.1 Å². The normalized spacial score (nSPS) is 10.4. The van der Waals surface area contributed by atoms with E-state index in [-0.39, 0.29) is 23.3 Å². The number of ether oxygens (including phenoxy) is 2. The second kappa shape index (κ2) is 11.6. The van der Waals surface area contributed by atoms with Gasteiger partial charge in [-0.1, -0.05) is 35.7 Å². The minimum Gasteiger partial charge on any atom is -0.497 e. The zero-order valence-corrected chi connectivity index (χ0v) is 19.2. The third kappa shape index (κ3) is 7.46. The topological polar surface area (TPSA) is 102 Å². The predicted molar refractivity (Wildman–Crippen MR) is 125 cm³/mol. The number of methoxy groups -OCH3 is 2. The number of rotatable bonds is 10. The van der Waals surface area contributed by atoms with Gasteiger partial charge in [-0.2, -0.15) is 4.37 Å². The van der Waals surface area contributed by atoms with Crippen LogP contribution in [-0.2, 0) is 9.59 Å². The molecule has 11 heteroatoms. The molecule has 0 radical (unpaired) electrons. The number of carbonyl (C=O) groups is 2. The van der Waals surface area contributed by atoms with Crippen LogP contribution < -0.4 is 20.1 Å². The van der Waals surface area contributed by atoms with E-state index in [4.69, 9.17) is 9.47 Å². The Morgan fingerprint density at radius 1 is 0.903 bits per heavy atom. The van der Waals surface area contributed by atoms with E-state index in [1.807, 2.05) is 6.07 Å². The van der Waals surface area contributed by atoms with Crippen LogP contribution in [0.25, 0.3) is 0 Å². The molecule has 2 aromatic carbocycles. The highest BCUT2D eigenvalue weighted by molar-refractivity contribution is 8.02. The molecule has 0 aliphatic heterocycles. The van der Waals surface area contributed by atoms with Crippen molar-refractivity contribution in [2.75, 3.05) is 36.4 Å². The summed E-state index contributed by atoms with van der Waals surface area (Å²) in [6, 6.07) is 14.3. The number of nitrogens with one attached hydrogen (secondary N) is 2. The average Bonchev–Trinajstić information content (AvgIpc) is 3.24. The van der Waals surface area contributed by atoms with Gasteiger partial charge in [0.2, 0.25) is 17.0 Å². The van der Waals surface area contributed by atoms with Gasteiger partial charge in [-0.15, -0.1) is 0 Å². The van der Waals surface area contributed by atoms with Crippen LogP contribution in [0.2, 0.25) is 0 Å². The van der Waals surface area contributed by atoms with Crippen molar-refractivity contribution < 1.29 is 19.1 Å². The number of nitrogens with zero attached hydrogens (tertiary/aromatic N) is 2. The molecule has 8 nitrogen and oxygen atoms in total. The lowest BCUT2D eigenvalue weighted by Crippen LogP contribution is -2.14. The van der Waals surface area contributed by atoms with Gasteiger partial charge in [0.25, 0.3) is 0 Å². The van der Waals surface area contributed by atoms with E-state index in [0.29, 0.717) is 32.4 Å². The summed E-state index contributed by atoms with van der Waals surface area (Å²) in [5.41, 5.74) is 1.33. The van der Waals surface area contributed by atoms with Crippen LogP contribution in [0.3, 0.4) is 0 Å². The third-order valence-electron chi connectivity index (χ3n) is 3.75. The molecule has 2 N–H and O–H groups in total. The van der Waals surface area contributed by atoms with Crippen LogP contribution in [0.4, 0.5) is 11.4 Å². The summed E-state index contributed by atoms with van der Waals surface area (Å²) in [6.45, 7) is 0. The molecule has 0 aliphatic rings. The predicted octanol–water partition coefficient (Wildman–Crippen LogP) is 4.02. The van der Waals surface area contributed by atoms with Crippen LogP contribution in [-0.4, -0.2) is 46.9 Å². The molecular weight excluding hydrogens is 456 g/mol. The minimum atomic E-state index is -0.167. The van der Waals surface area contributed by atoms with Gasteiger partial charge in [0.05, 0.1) is 25.7 Å². The molecule has 0 saturated carbocycles. The summed E-state index contributed by atoms with van der Waals surface area (Å²) in [5.74, 6) is 1.40. The molecule has 3 aromatic rings. The lowest BCUT2D eigenvalue weighted by atomic mass is 10.3. The van der Waals surface area contributed by atoms with Crippen LogP contribution >= 0.6 is 35.1 Å². The molecular formula is C20H20N4O4S3. The van der Waals surface area contributed by atoms with E-state index in [1.54, 1.807) is 56.7 Å². The van der Waals surface area contributed by atoms with Crippen molar-refractivity contribution in [2.24, 2.45) is 0 Å². The van der Waals surface area contributed by atoms with Gasteiger partial charge in [-0.25, -0.2) is 4.98 Å². The molecule has 3 rings (SSSR count). The highest BCUT2D eigenvalue weighted by Crippen LogP contribution is 2.25. The first kappa shape index (κ1) is 22.9. The fraction of sp³-hybridized carbons (Fsp3) is 0.200. The zero-order valence-electron chi connectivity index (χ0n) is 16.8. The number of amides is 2. The van der Waals surface area contributed by atoms with E-state index in [0.717, 1.165) is 0 Å². The Hall–Kier alpha value is -2.76. The van der Waals surface area contributed by atoms with Crippen LogP contribution in [0.15, 0.2) is 58.0 Å². The molecule has 2 amide bonds. The largest absolute Gasteiger partial charge is 0.497 e. The first-order valence-electron chi connectivity index (χ1n) is 9.03. The summed E-state index contributed by atoms with van der Waals surface area (Å²) in [4.78, 5) is 28.6. The fourth-order valence-electron chi connectivity index (χ4n) is 2.37. The third-order valence-corrected chi connectivity index (χ3v) is 6.55. The van der Waals surface area contributed by atoms with Crippen molar-refractivity contribution in [2.45, 2.75) is 9.50 Å². The van der Waals surface area contributed by atoms with E-state index < -0.39 is 0 Å². The molecule has 0 unspecified atom stereocenters. The van der Waals surface area contributed by atoms with E-state index in [2.05, 4.69) is 20.0 Å². The summed E-state index contributed by atoms with van der Waals surface area (Å²) in [5, 5.41) is 6.12. The van der Waals surface area contributed by atoms with Crippen LogP contribution in [0, 0.1) is 0 Å². The van der Waals surface area contributed by atoms with Crippen molar-refractivity contribution in [3.63, 3.8) is 0 Å². The quantitative estimate of drug-likeness (QED) is 0.423. The van der Waals surface area contributed by atoms with Gasteiger partial charge in [0.1, 0.15) is 11.5 Å². The van der Waals surface area contributed by atoms with Gasteiger partial charge >= 0.3 is 0 Å². The van der Waals surface area contributed by atoms with E-state index >= 15 is 0 Å². The fourth-order valence-corrected chi connectivity index (χ4v) is 4.60. The molecule has 0 aliphatic carbocycles. The van der Waals surface area contributed by atoms with Crippen LogP contribution in [0.5, 0.6) is 11.5 Å². The second-order valence-electron chi connectivity index (χ2n) is 5.98. The molecule has 1 heterocycles. The Bertz CT molecular complexity index is 965. The Morgan fingerprint density at radius 2 is 1.45 bits per heavy atom. The number of aromatic nitrogens is 2. The SMILES string of the molecule is COc1cccc(NC(=O)CSc2nsc(SCC(=O)Nc3cccc(OC)c3)n2)c1. The highest BCUT2D eigenvalue weighted by Gasteiger charge is 2.11. The Kier molecular flexibility index (Phi) is 8.56. The van der Waals surface area contributed by atoms with Gasteiger partial charge in [-0.3, -0.25) is 9.59 Å². The number of benzene rings is 2. The van der Waals surface area contributed by atoms with Crippen molar-refractivity contribution in [3.8, 4) is 11.5 Å². The van der Waals surface area contributed by atoms with Gasteiger partial charge in [0.15, 0.2) is 4.34 Å². The second-order valence-corrected chi connectivity index (χ2v) is 8.90. The molecule has 0 saturated heterocycles. The molecule has 162 valence electrons. The molecule has 1 aromatic heterocycles. The van der Waals surface area contributed by atoms with Crippen molar-refractivity contribution in [1.82, 2.24) is 9.36 Å². The summed E-state index contributed by atoms with van der Waals surface area (Å²) < 4.78 is 15.2. The summed E-state index contributed by atoms with van der Waals surface area (Å²) in [7, 11) is 3.15. The van der Waals surface area contributed by atoms with Gasteiger partial charge in [0, 0.05) is 23.5 Å². The number of carbonyl (C=O) groups excluding carboxylic acids is 2. The van der Waals surface area contributed by atoms with Crippen molar-refractivity contribution >= 4 is 58.2 Å². The van der Waals surface area contributed by atoms with Crippen molar-refractivity contribution in [1.29, 1.82) is 0 Å². The number of anilines is 2. The maximum absolute atomic E-state index is 12.1. The Labute approximate surface area is 192 Å². The number of hydrogen-bond donors (Lipinski definition) is 2. The number of hydrogen-bond acceptors (Lipinski definition) is 9. The first-order chi connectivity index (χ1) is 15.1. The monoisotopic (exact) mass is 476 g/mol. The molecule has 0 fully saturated rings. The first-order valence-corrected chi connectivity index (χ1v) is 11.8. The summed E-state index contributed by atoms with van der Waals surface area (Å²) >= 11 is 3.73. The standard InChI is InChI=1S/C20H20N4O4S3/c1-27-15-7-3-5-13(9-15)21-17(25)11-29-19-23-20(31-24-19)30-12-18(26)22-14-6-4-8-16(10-14)28-2/h3-10H,11-12H2,1-2H3,(H,21,25)(H,22,26).